The van der Waals surface area contributed by atoms with Gasteiger partial charge in [-0.05, 0) is 67.1 Å². The average Bonchev–Trinajstić information content (AvgIpc) is 3.30. The molecule has 3 aromatic carbocycles. The minimum absolute atomic E-state index is 0.0165. The first kappa shape index (κ1) is 29.5. The fourth-order valence-electron chi connectivity index (χ4n) is 5.17. The van der Waals surface area contributed by atoms with Gasteiger partial charge in [0.05, 0.1) is 23.5 Å². The van der Waals surface area contributed by atoms with E-state index < -0.39 is 5.97 Å². The third-order valence-corrected chi connectivity index (χ3v) is 8.17. The second kappa shape index (κ2) is 12.9. The molecule has 2 heterocycles. The van der Waals surface area contributed by atoms with Crippen LogP contribution in [0.25, 0.3) is 11.3 Å². The smallest absolute Gasteiger partial charge is 0.303 e. The number of carbonyl (C=O) groups excluding carboxylic acids is 2. The first-order valence-corrected chi connectivity index (χ1v) is 14.7. The van der Waals surface area contributed by atoms with E-state index in [1.807, 2.05) is 66.7 Å². The van der Waals surface area contributed by atoms with Crippen molar-refractivity contribution >= 4 is 62.0 Å². The maximum Gasteiger partial charge on any atom is 0.303 e. The average molecular weight is 633 g/mol. The number of benzene rings is 3. The fourth-order valence-corrected chi connectivity index (χ4v) is 5.53. The molecule has 0 bridgehead atoms. The van der Waals surface area contributed by atoms with Gasteiger partial charge in [0, 0.05) is 61.1 Å². The molecule has 9 nitrogen and oxygen atoms in total. The Labute approximate surface area is 253 Å². The molecule has 5 rings (SSSR count). The van der Waals surface area contributed by atoms with E-state index in [0.29, 0.717) is 29.9 Å². The lowest BCUT2D eigenvalue weighted by Gasteiger charge is -2.32. The predicted molar refractivity (Wildman–Crippen MR) is 169 cm³/mol. The molecular weight excluding hydrogens is 598 g/mol. The first-order valence-electron chi connectivity index (χ1n) is 13.9. The van der Waals surface area contributed by atoms with Gasteiger partial charge in [-0.15, -0.1) is 0 Å². The summed E-state index contributed by atoms with van der Waals surface area (Å²) < 4.78 is 0.856. The molecule has 42 heavy (non-hydrogen) atoms. The highest BCUT2D eigenvalue weighted by molar-refractivity contribution is 9.10. The van der Waals surface area contributed by atoms with Gasteiger partial charge in [-0.25, -0.2) is 0 Å². The van der Waals surface area contributed by atoms with Crippen LogP contribution in [0.5, 0.6) is 0 Å². The van der Waals surface area contributed by atoms with E-state index in [9.17, 15) is 14.4 Å². The van der Waals surface area contributed by atoms with Crippen LogP contribution in [-0.4, -0.2) is 79.5 Å². The summed E-state index contributed by atoms with van der Waals surface area (Å²) in [6.45, 7) is 4.04. The molecule has 0 radical (unpaired) electrons. The summed E-state index contributed by atoms with van der Waals surface area (Å²) in [6, 6.07) is 20.8. The van der Waals surface area contributed by atoms with E-state index in [-0.39, 0.29) is 18.2 Å². The molecule has 3 aromatic rings. The van der Waals surface area contributed by atoms with Crippen LogP contribution in [0.4, 0.5) is 17.1 Å². The molecule has 1 fully saturated rings. The summed E-state index contributed by atoms with van der Waals surface area (Å²) in [5, 5.41) is 15.6. The Morgan fingerprint density at radius 2 is 1.76 bits per heavy atom. The monoisotopic (exact) mass is 631 g/mol. The fraction of sp³-hybridized carbons (Fsp3) is 0.281. The summed E-state index contributed by atoms with van der Waals surface area (Å²) >= 11 is 3.47. The van der Waals surface area contributed by atoms with Gasteiger partial charge in [0.2, 0.25) is 5.91 Å². The van der Waals surface area contributed by atoms with Gasteiger partial charge in [0.1, 0.15) is 0 Å². The quantitative estimate of drug-likeness (QED) is 0.296. The van der Waals surface area contributed by atoms with Crippen LogP contribution < -0.4 is 15.5 Å². The van der Waals surface area contributed by atoms with Gasteiger partial charge in [-0.1, -0.05) is 40.2 Å². The maximum atomic E-state index is 13.3. The van der Waals surface area contributed by atoms with Crippen molar-refractivity contribution in [2.45, 2.75) is 12.8 Å². The number of piperazine rings is 1. The number of hydrogen-bond donors (Lipinski definition) is 3. The second-order valence-electron chi connectivity index (χ2n) is 10.7. The zero-order valence-corrected chi connectivity index (χ0v) is 25.3. The molecule has 10 heteroatoms. The summed E-state index contributed by atoms with van der Waals surface area (Å²) in [5.74, 6) is -1.06. The molecule has 2 aliphatic rings. The Morgan fingerprint density at radius 3 is 2.48 bits per heavy atom. The number of nitrogens with zero attached hydrogens (tertiary/aromatic N) is 3. The van der Waals surface area contributed by atoms with Crippen LogP contribution in [0, 0.1) is 0 Å². The summed E-state index contributed by atoms with van der Waals surface area (Å²) in [5.41, 5.74) is 5.74. The lowest BCUT2D eigenvalue weighted by Crippen LogP contribution is -2.48. The van der Waals surface area contributed by atoms with Gasteiger partial charge < -0.3 is 25.5 Å². The van der Waals surface area contributed by atoms with Crippen LogP contribution in [-0.2, 0) is 20.8 Å². The Bertz CT molecular complexity index is 1530. The zero-order chi connectivity index (χ0) is 29.8. The molecule has 0 saturated carbocycles. The Morgan fingerprint density at radius 1 is 1.02 bits per heavy atom. The summed E-state index contributed by atoms with van der Waals surface area (Å²) in [7, 11) is 3.88. The Kier molecular flexibility index (Phi) is 9.06. The number of hydrogen-bond acceptors (Lipinski definition) is 6. The van der Waals surface area contributed by atoms with Crippen molar-refractivity contribution in [1.82, 2.24) is 9.80 Å². The maximum absolute atomic E-state index is 13.3. The van der Waals surface area contributed by atoms with Gasteiger partial charge in [-0.2, -0.15) is 0 Å². The number of halogens is 1. The predicted octanol–water partition coefficient (Wildman–Crippen LogP) is 4.61. The number of rotatable bonds is 9. The van der Waals surface area contributed by atoms with Crippen molar-refractivity contribution in [3.63, 3.8) is 0 Å². The molecule has 0 aromatic heterocycles. The zero-order valence-electron chi connectivity index (χ0n) is 23.7. The van der Waals surface area contributed by atoms with Gasteiger partial charge in [0.25, 0.3) is 5.91 Å². The van der Waals surface area contributed by atoms with Crippen LogP contribution >= 0.6 is 15.9 Å². The standard InChI is InChI=1S/C32H34BrN5O4/c1-36-14-16-38(17-15-36)20-28(39)37(2)25-10-8-24(9-11-25)34-31(22-5-3-4-21(18-22)6-13-29(40)41)30-26-12-7-23(33)19-27(26)35-32(30)42/h3-5,7-12,18-19,34H,6,13-17,20H2,1-2H3,(H,35,42)(H,40,41). The Hall–Kier alpha value is -3.99. The van der Waals surface area contributed by atoms with E-state index >= 15 is 0 Å². The van der Waals surface area contributed by atoms with Crippen LogP contribution in [0.15, 0.2) is 71.2 Å². The van der Waals surface area contributed by atoms with E-state index in [1.165, 1.54) is 0 Å². The number of fused-ring (bicyclic) bond motifs is 1. The van der Waals surface area contributed by atoms with Crippen LogP contribution in [0.2, 0.25) is 0 Å². The molecule has 0 unspecified atom stereocenters. The second-order valence-corrected chi connectivity index (χ2v) is 11.6. The molecule has 1 saturated heterocycles. The van der Waals surface area contributed by atoms with E-state index in [4.69, 9.17) is 5.11 Å². The van der Waals surface area contributed by atoms with Crippen molar-refractivity contribution < 1.29 is 19.5 Å². The molecular formula is C32H34BrN5O4. The SMILES string of the molecule is CN1CCN(CC(=O)N(C)c2ccc(NC(=C3C(=O)Nc4cc(Br)ccc43)c3cccc(CCC(=O)O)c3)cc2)CC1. The Balaban J connectivity index is 1.42. The number of aliphatic carboxylic acids is 1. The number of aryl methyl sites for hydroxylation is 1. The highest BCUT2D eigenvalue weighted by Gasteiger charge is 2.29. The first-order chi connectivity index (χ1) is 20.2. The normalized spacial score (nSPS) is 16.5. The van der Waals surface area contributed by atoms with Crippen molar-refractivity contribution in [3.05, 3.63) is 87.9 Å². The molecule has 3 N–H and O–H groups in total. The minimum atomic E-state index is -0.862. The lowest BCUT2D eigenvalue weighted by atomic mass is 9.97. The molecule has 2 amide bonds. The summed E-state index contributed by atoms with van der Waals surface area (Å²) in [4.78, 5) is 43.6. The van der Waals surface area contributed by atoms with Crippen molar-refractivity contribution in [2.75, 3.05) is 62.4 Å². The number of carboxylic acid groups (broad SMARTS) is 1. The van der Waals surface area contributed by atoms with Gasteiger partial charge in [-0.3, -0.25) is 19.3 Å². The van der Waals surface area contributed by atoms with Crippen LogP contribution in [0.3, 0.4) is 0 Å². The molecule has 218 valence electrons. The van der Waals surface area contributed by atoms with Crippen molar-refractivity contribution in [1.29, 1.82) is 0 Å². The highest BCUT2D eigenvalue weighted by Crippen LogP contribution is 2.39. The van der Waals surface area contributed by atoms with Crippen molar-refractivity contribution in [3.8, 4) is 0 Å². The number of likely N-dealkylation sites (N-methyl/N-ethyl adjacent to an activating group) is 2. The van der Waals surface area contributed by atoms with E-state index in [2.05, 4.69) is 43.4 Å². The summed E-state index contributed by atoms with van der Waals surface area (Å²) in [6.07, 6.45) is 0.396. The third-order valence-electron chi connectivity index (χ3n) is 7.67. The molecule has 0 spiro atoms. The van der Waals surface area contributed by atoms with Gasteiger partial charge in [0.15, 0.2) is 0 Å². The number of amides is 2. The number of carboxylic acids is 1. The topological polar surface area (TPSA) is 105 Å². The van der Waals surface area contributed by atoms with Gasteiger partial charge >= 0.3 is 5.97 Å². The van der Waals surface area contributed by atoms with E-state index in [1.54, 1.807) is 11.9 Å². The minimum Gasteiger partial charge on any atom is -0.481 e. The van der Waals surface area contributed by atoms with Crippen molar-refractivity contribution in [2.24, 2.45) is 0 Å². The van der Waals surface area contributed by atoms with Crippen LogP contribution in [0.1, 0.15) is 23.1 Å². The molecule has 0 aliphatic carbocycles. The lowest BCUT2D eigenvalue weighted by molar-refractivity contribution is -0.137. The molecule has 2 aliphatic heterocycles. The number of nitrogens with one attached hydrogen (secondary N) is 2. The number of anilines is 3. The van der Waals surface area contributed by atoms with E-state index in [0.717, 1.165) is 58.7 Å². The largest absolute Gasteiger partial charge is 0.481 e. The highest BCUT2D eigenvalue weighted by atomic mass is 79.9. The number of carbonyl (C=O) groups is 3. The molecule has 0 atom stereocenters. The third kappa shape index (κ3) is 6.89.